The fraction of sp³-hybridized carbons (Fsp3) is 0.480. The third-order valence-corrected chi connectivity index (χ3v) is 7.13. The van der Waals surface area contributed by atoms with Crippen LogP contribution in [0.4, 0.5) is 0 Å². The van der Waals surface area contributed by atoms with Crippen molar-refractivity contribution in [1.82, 2.24) is 0 Å². The van der Waals surface area contributed by atoms with E-state index in [1.807, 2.05) is 12.1 Å². The lowest BCUT2D eigenvalue weighted by molar-refractivity contribution is -0.141. The molecule has 4 rings (SSSR count). The molecule has 2 aromatic carbocycles. The molecular weight excluding hydrogens is 428 g/mol. The Labute approximate surface area is 193 Å². The summed E-state index contributed by atoms with van der Waals surface area (Å²) < 4.78 is 26.9. The number of benzene rings is 2. The molecule has 2 atom stereocenters. The van der Waals surface area contributed by atoms with E-state index in [2.05, 4.69) is 13.8 Å². The number of aromatic hydroxyl groups is 2. The maximum absolute atomic E-state index is 11.9. The van der Waals surface area contributed by atoms with Crippen molar-refractivity contribution in [3.63, 3.8) is 0 Å². The molecule has 0 saturated heterocycles. The van der Waals surface area contributed by atoms with Gasteiger partial charge in [-0.15, -0.1) is 0 Å². The smallest absolute Gasteiger partial charge is 0.305 e. The summed E-state index contributed by atoms with van der Waals surface area (Å²) in [6, 6.07) is 3.69. The number of hydrogen-bond donors (Lipinski definition) is 2. The molecule has 178 valence electrons. The number of esters is 1. The van der Waals surface area contributed by atoms with Gasteiger partial charge in [0.2, 0.25) is 18.3 Å². The van der Waals surface area contributed by atoms with E-state index in [1.54, 1.807) is 0 Å². The molecule has 0 spiro atoms. The van der Waals surface area contributed by atoms with Crippen LogP contribution in [-0.4, -0.2) is 44.3 Å². The second kappa shape index (κ2) is 8.57. The highest BCUT2D eigenvalue weighted by atomic mass is 16.7. The van der Waals surface area contributed by atoms with Crippen LogP contribution in [0.15, 0.2) is 12.1 Å². The summed E-state index contributed by atoms with van der Waals surface area (Å²) in [6.45, 7) is 4.28. The van der Waals surface area contributed by atoms with E-state index in [1.165, 1.54) is 21.3 Å². The van der Waals surface area contributed by atoms with Crippen LogP contribution < -0.4 is 18.9 Å². The van der Waals surface area contributed by atoms with Crippen LogP contribution in [0.25, 0.3) is 11.1 Å². The quantitative estimate of drug-likeness (QED) is 0.643. The van der Waals surface area contributed by atoms with Crippen molar-refractivity contribution < 1.29 is 38.7 Å². The molecule has 8 nitrogen and oxygen atoms in total. The van der Waals surface area contributed by atoms with Gasteiger partial charge in [-0.05, 0) is 53.9 Å². The molecule has 0 aromatic heterocycles. The van der Waals surface area contributed by atoms with Crippen LogP contribution in [0.3, 0.4) is 0 Å². The van der Waals surface area contributed by atoms with Gasteiger partial charge in [0.15, 0.2) is 23.0 Å². The second-order valence-electron chi connectivity index (χ2n) is 9.00. The first-order valence-electron chi connectivity index (χ1n) is 10.9. The summed E-state index contributed by atoms with van der Waals surface area (Å²) in [5.41, 5.74) is 2.25. The summed E-state index contributed by atoms with van der Waals surface area (Å²) in [6.07, 6.45) is 2.03. The Morgan fingerprint density at radius 2 is 1.82 bits per heavy atom. The minimum absolute atomic E-state index is 0.0168. The molecule has 0 amide bonds. The lowest BCUT2D eigenvalue weighted by Crippen LogP contribution is -2.32. The van der Waals surface area contributed by atoms with Crippen molar-refractivity contribution in [3.8, 4) is 45.6 Å². The molecule has 33 heavy (non-hydrogen) atoms. The van der Waals surface area contributed by atoms with Crippen LogP contribution in [0.1, 0.15) is 37.8 Å². The molecule has 1 aliphatic carbocycles. The number of ether oxygens (including phenoxy) is 5. The number of phenolic OH excluding ortho intramolecular Hbond substituents is 2. The largest absolute Gasteiger partial charge is 0.504 e. The highest BCUT2D eigenvalue weighted by Crippen LogP contribution is 2.57. The van der Waals surface area contributed by atoms with Crippen molar-refractivity contribution in [2.45, 2.75) is 39.5 Å². The van der Waals surface area contributed by atoms with E-state index >= 15 is 0 Å². The zero-order valence-electron chi connectivity index (χ0n) is 19.6. The second-order valence-corrected chi connectivity index (χ2v) is 9.00. The normalized spacial score (nSPS) is 20.8. The Morgan fingerprint density at radius 3 is 2.48 bits per heavy atom. The number of methoxy groups -OCH3 is 3. The monoisotopic (exact) mass is 458 g/mol. The highest BCUT2D eigenvalue weighted by molar-refractivity contribution is 5.88. The average Bonchev–Trinajstić information content (AvgIpc) is 3.26. The van der Waals surface area contributed by atoms with Crippen LogP contribution >= 0.6 is 0 Å². The predicted molar refractivity (Wildman–Crippen MR) is 120 cm³/mol. The van der Waals surface area contributed by atoms with Crippen molar-refractivity contribution in [3.05, 3.63) is 23.3 Å². The fourth-order valence-electron chi connectivity index (χ4n) is 4.97. The fourth-order valence-corrected chi connectivity index (χ4v) is 4.97. The molecule has 0 fully saturated rings. The zero-order chi connectivity index (χ0) is 23.9. The Morgan fingerprint density at radius 1 is 1.09 bits per heavy atom. The van der Waals surface area contributed by atoms with Gasteiger partial charge in [0.1, 0.15) is 0 Å². The van der Waals surface area contributed by atoms with Gasteiger partial charge in [0, 0.05) is 17.5 Å². The van der Waals surface area contributed by atoms with E-state index in [0.717, 1.165) is 11.1 Å². The van der Waals surface area contributed by atoms with Crippen molar-refractivity contribution >= 4 is 5.97 Å². The van der Waals surface area contributed by atoms with Gasteiger partial charge < -0.3 is 33.9 Å². The van der Waals surface area contributed by atoms with Crippen LogP contribution in [0.2, 0.25) is 0 Å². The molecule has 0 saturated carbocycles. The number of carbonyl (C=O) groups excluding carboxylic acids is 1. The Kier molecular flexibility index (Phi) is 5.95. The first kappa shape index (κ1) is 22.9. The summed E-state index contributed by atoms with van der Waals surface area (Å²) >= 11 is 0. The molecule has 8 heteroatoms. The van der Waals surface area contributed by atoms with E-state index in [4.69, 9.17) is 23.7 Å². The third kappa shape index (κ3) is 3.77. The molecule has 0 radical (unpaired) electrons. The first-order chi connectivity index (χ1) is 15.7. The molecule has 0 unspecified atom stereocenters. The van der Waals surface area contributed by atoms with Gasteiger partial charge >= 0.3 is 5.97 Å². The number of fused-ring (bicyclic) bond motifs is 4. The van der Waals surface area contributed by atoms with E-state index in [0.29, 0.717) is 41.9 Å². The van der Waals surface area contributed by atoms with E-state index in [9.17, 15) is 15.0 Å². The minimum Gasteiger partial charge on any atom is -0.504 e. The van der Waals surface area contributed by atoms with Crippen molar-refractivity contribution in [2.24, 2.45) is 11.3 Å². The van der Waals surface area contributed by atoms with Gasteiger partial charge in [-0.25, -0.2) is 0 Å². The molecule has 1 heterocycles. The van der Waals surface area contributed by atoms with Gasteiger partial charge in [-0.2, -0.15) is 0 Å². The maximum Gasteiger partial charge on any atom is 0.305 e. The Bertz CT molecular complexity index is 1090. The maximum atomic E-state index is 11.9. The van der Waals surface area contributed by atoms with Gasteiger partial charge in [-0.1, -0.05) is 13.8 Å². The van der Waals surface area contributed by atoms with Gasteiger partial charge in [-0.3, -0.25) is 4.79 Å². The van der Waals surface area contributed by atoms with Crippen molar-refractivity contribution in [1.29, 1.82) is 0 Å². The lowest BCUT2D eigenvalue weighted by Gasteiger charge is -2.39. The summed E-state index contributed by atoms with van der Waals surface area (Å²) in [5, 5.41) is 22.5. The number of rotatable bonds is 5. The predicted octanol–water partition coefficient (Wildman–Crippen LogP) is 4.20. The zero-order valence-corrected chi connectivity index (χ0v) is 19.6. The van der Waals surface area contributed by atoms with Gasteiger partial charge in [0.05, 0.1) is 21.3 Å². The molecule has 2 aromatic rings. The third-order valence-electron chi connectivity index (χ3n) is 7.13. The Hall–Kier alpha value is -3.29. The topological polar surface area (TPSA) is 104 Å². The number of hydrogen-bond acceptors (Lipinski definition) is 8. The molecule has 2 N–H and O–H groups in total. The van der Waals surface area contributed by atoms with E-state index in [-0.39, 0.29) is 53.5 Å². The summed E-state index contributed by atoms with van der Waals surface area (Å²) in [7, 11) is 4.35. The first-order valence-corrected chi connectivity index (χ1v) is 10.9. The van der Waals surface area contributed by atoms with Crippen LogP contribution in [0, 0.1) is 11.3 Å². The SMILES string of the molecule is COC(=O)CC[C@@]1(C)Cc2cc(OC)c(OC)c(O)c2-c2c(cc3c(c2O)OCO3)C[C@@H]1C. The average molecular weight is 459 g/mol. The Balaban J connectivity index is 1.97. The minimum atomic E-state index is -0.307. The van der Waals surface area contributed by atoms with E-state index < -0.39 is 0 Å². The molecule has 0 bridgehead atoms. The molecule has 2 aliphatic rings. The van der Waals surface area contributed by atoms with Crippen LogP contribution in [-0.2, 0) is 22.4 Å². The van der Waals surface area contributed by atoms with Crippen LogP contribution in [0.5, 0.6) is 34.5 Å². The number of phenols is 2. The molecular formula is C25H30O8. The standard InChI is InChI=1S/C25H30O8/c1-13-8-14-9-17-24(33-12-32-17)22(28)19(14)20-15(10-16(29-3)23(31-5)21(20)27)11-25(13,2)7-6-18(26)30-4/h9-10,13,27-28H,6-8,11-12H2,1-5H3/t13-,25-/m0/s1. The summed E-state index contributed by atoms with van der Waals surface area (Å²) in [5.74, 6) is 0.975. The molecule has 1 aliphatic heterocycles. The van der Waals surface area contributed by atoms with Crippen molar-refractivity contribution in [2.75, 3.05) is 28.1 Å². The lowest BCUT2D eigenvalue weighted by atomic mass is 9.65. The van der Waals surface area contributed by atoms with Gasteiger partial charge in [0.25, 0.3) is 0 Å². The summed E-state index contributed by atoms with van der Waals surface area (Å²) in [4.78, 5) is 11.9. The number of carbonyl (C=O) groups is 1. The highest BCUT2D eigenvalue weighted by Gasteiger charge is 2.39.